The van der Waals surface area contributed by atoms with Crippen molar-refractivity contribution in [3.63, 3.8) is 0 Å². The molecule has 0 spiro atoms. The number of aromatic nitrogens is 2. The van der Waals surface area contributed by atoms with E-state index >= 15 is 0 Å². The lowest BCUT2D eigenvalue weighted by atomic mass is 9.92. The number of hydrogen-bond donors (Lipinski definition) is 1. The van der Waals surface area contributed by atoms with Gasteiger partial charge in [-0.25, -0.2) is 4.39 Å². The average Bonchev–Trinajstić information content (AvgIpc) is 3.00. The van der Waals surface area contributed by atoms with E-state index in [2.05, 4.69) is 10.2 Å². The minimum absolute atomic E-state index is 0.0515. The predicted molar refractivity (Wildman–Crippen MR) is 93.0 cm³/mol. The molecule has 3 rings (SSSR count). The van der Waals surface area contributed by atoms with E-state index in [9.17, 15) is 9.18 Å². The zero-order valence-corrected chi connectivity index (χ0v) is 14.7. The Bertz CT molecular complexity index is 744. The molecule has 1 amide bonds. The molecule has 134 valence electrons. The number of ether oxygens (including phenoxy) is 1. The molecule has 1 aromatic heterocycles. The highest BCUT2D eigenvalue weighted by atomic mass is 19.1. The molecule has 0 saturated carbocycles. The van der Waals surface area contributed by atoms with Crippen molar-refractivity contribution >= 4 is 5.91 Å². The van der Waals surface area contributed by atoms with Gasteiger partial charge in [0.2, 0.25) is 5.91 Å². The van der Waals surface area contributed by atoms with Crippen LogP contribution in [0.3, 0.4) is 0 Å². The van der Waals surface area contributed by atoms with Crippen molar-refractivity contribution in [3.05, 3.63) is 47.0 Å². The monoisotopic (exact) mass is 345 g/mol. The molecule has 0 aliphatic carbocycles. The van der Waals surface area contributed by atoms with Crippen LogP contribution in [0.15, 0.2) is 24.4 Å². The average molecular weight is 345 g/mol. The molecule has 6 heteroatoms. The number of carbonyl (C=O) groups is 1. The van der Waals surface area contributed by atoms with E-state index in [0.29, 0.717) is 11.5 Å². The van der Waals surface area contributed by atoms with Gasteiger partial charge in [0.05, 0.1) is 19.7 Å². The largest absolute Gasteiger partial charge is 0.494 e. The summed E-state index contributed by atoms with van der Waals surface area (Å²) in [6, 6.07) is 4.69. The first kappa shape index (κ1) is 17.5. The van der Waals surface area contributed by atoms with Crippen LogP contribution in [0.1, 0.15) is 29.7 Å². The number of rotatable bonds is 5. The molecule has 1 aromatic carbocycles. The Balaban J connectivity index is 1.60. The third-order valence-electron chi connectivity index (χ3n) is 4.87. The normalized spacial score (nSPS) is 17.6. The molecule has 1 atom stereocenters. The molecule has 25 heavy (non-hydrogen) atoms. The fourth-order valence-corrected chi connectivity index (χ4v) is 3.43. The Kier molecular flexibility index (Phi) is 5.36. The summed E-state index contributed by atoms with van der Waals surface area (Å²) in [5.41, 5.74) is 2.99. The van der Waals surface area contributed by atoms with Crippen molar-refractivity contribution in [1.29, 1.82) is 0 Å². The fraction of sp³-hybridized carbons (Fsp3) is 0.474. The number of H-pyrrole nitrogens is 1. The molecule has 5 nitrogen and oxygen atoms in total. The topological polar surface area (TPSA) is 58.2 Å². The molecule has 1 N–H and O–H groups in total. The first-order valence-corrected chi connectivity index (χ1v) is 8.66. The van der Waals surface area contributed by atoms with Crippen LogP contribution in [0.25, 0.3) is 0 Å². The summed E-state index contributed by atoms with van der Waals surface area (Å²) in [6.07, 6.45) is 5.07. The second-order valence-corrected chi connectivity index (χ2v) is 6.73. The Morgan fingerprint density at radius 1 is 1.48 bits per heavy atom. The first-order chi connectivity index (χ1) is 12.1. The predicted octanol–water partition coefficient (Wildman–Crippen LogP) is 2.89. The van der Waals surface area contributed by atoms with Crippen LogP contribution >= 0.6 is 0 Å². The highest BCUT2D eigenvalue weighted by molar-refractivity contribution is 5.79. The van der Waals surface area contributed by atoms with Crippen LogP contribution in [0.4, 0.5) is 4.39 Å². The Morgan fingerprint density at radius 3 is 3.00 bits per heavy atom. The maximum atomic E-state index is 13.8. The molecular formula is C19H24FN3O2. The molecule has 0 radical (unpaired) electrons. The van der Waals surface area contributed by atoms with Gasteiger partial charge in [0.15, 0.2) is 11.6 Å². The maximum Gasteiger partial charge on any atom is 0.227 e. The lowest BCUT2D eigenvalue weighted by Crippen LogP contribution is -2.41. The van der Waals surface area contributed by atoms with Gasteiger partial charge < -0.3 is 9.64 Å². The lowest BCUT2D eigenvalue weighted by molar-refractivity contribution is -0.132. The van der Waals surface area contributed by atoms with E-state index in [0.717, 1.165) is 43.6 Å². The number of nitrogens with zero attached hydrogens (tertiary/aromatic N) is 2. The van der Waals surface area contributed by atoms with Gasteiger partial charge in [-0.2, -0.15) is 5.10 Å². The number of amides is 1. The van der Waals surface area contributed by atoms with Crippen LogP contribution in [-0.4, -0.2) is 41.2 Å². The summed E-state index contributed by atoms with van der Waals surface area (Å²) in [5, 5.41) is 7.11. The van der Waals surface area contributed by atoms with Crippen molar-refractivity contribution in [2.75, 3.05) is 20.2 Å². The van der Waals surface area contributed by atoms with Crippen molar-refractivity contribution in [3.8, 4) is 5.75 Å². The highest BCUT2D eigenvalue weighted by Crippen LogP contribution is 2.23. The Labute approximate surface area is 147 Å². The number of methoxy groups -OCH3 is 1. The zero-order valence-electron chi connectivity index (χ0n) is 14.7. The second-order valence-electron chi connectivity index (χ2n) is 6.73. The second kappa shape index (κ2) is 7.68. The molecule has 1 aliphatic heterocycles. The van der Waals surface area contributed by atoms with Crippen LogP contribution in [0.5, 0.6) is 5.75 Å². The minimum atomic E-state index is -0.431. The van der Waals surface area contributed by atoms with Gasteiger partial charge in [-0.3, -0.25) is 9.89 Å². The van der Waals surface area contributed by atoms with E-state index in [4.69, 9.17) is 4.74 Å². The maximum absolute atomic E-state index is 13.8. The van der Waals surface area contributed by atoms with Gasteiger partial charge in [-0.05, 0) is 55.4 Å². The number of aryl methyl sites for hydroxylation is 1. The van der Waals surface area contributed by atoms with E-state index in [1.165, 1.54) is 13.2 Å². The van der Waals surface area contributed by atoms with Gasteiger partial charge in [0.25, 0.3) is 0 Å². The van der Waals surface area contributed by atoms with Crippen LogP contribution in [-0.2, 0) is 17.6 Å². The van der Waals surface area contributed by atoms with Crippen molar-refractivity contribution in [2.24, 2.45) is 5.92 Å². The molecule has 0 unspecified atom stereocenters. The Morgan fingerprint density at radius 2 is 2.32 bits per heavy atom. The number of aromatic amines is 1. The van der Waals surface area contributed by atoms with Crippen molar-refractivity contribution in [1.82, 2.24) is 15.1 Å². The van der Waals surface area contributed by atoms with Crippen LogP contribution < -0.4 is 4.74 Å². The van der Waals surface area contributed by atoms with Gasteiger partial charge >= 0.3 is 0 Å². The first-order valence-electron chi connectivity index (χ1n) is 8.66. The third kappa shape index (κ3) is 4.18. The number of nitrogens with one attached hydrogen (secondary N) is 1. The summed E-state index contributed by atoms with van der Waals surface area (Å²) in [5.74, 6) is 0.253. The number of benzene rings is 1. The third-order valence-corrected chi connectivity index (χ3v) is 4.87. The van der Waals surface area contributed by atoms with E-state index < -0.39 is 5.82 Å². The van der Waals surface area contributed by atoms with Gasteiger partial charge in [-0.15, -0.1) is 0 Å². The SMILES string of the molecule is COc1ccc(CC(=O)N2CCC[C@@H](Cc3[nH]ncc3C)C2)cc1F. The molecular weight excluding hydrogens is 321 g/mol. The molecule has 2 aromatic rings. The molecule has 0 bridgehead atoms. The summed E-state index contributed by atoms with van der Waals surface area (Å²) in [7, 11) is 1.43. The summed E-state index contributed by atoms with van der Waals surface area (Å²) < 4.78 is 18.7. The lowest BCUT2D eigenvalue weighted by Gasteiger charge is -2.33. The summed E-state index contributed by atoms with van der Waals surface area (Å²) in [4.78, 5) is 14.5. The van der Waals surface area contributed by atoms with Crippen LogP contribution in [0.2, 0.25) is 0 Å². The molecule has 1 fully saturated rings. The fourth-order valence-electron chi connectivity index (χ4n) is 3.43. The van der Waals surface area contributed by atoms with Crippen molar-refractivity contribution < 1.29 is 13.9 Å². The van der Waals surface area contributed by atoms with Gasteiger partial charge in [0, 0.05) is 18.8 Å². The van der Waals surface area contributed by atoms with E-state index in [1.807, 2.05) is 18.0 Å². The Hall–Kier alpha value is -2.37. The van der Waals surface area contributed by atoms with Gasteiger partial charge in [-0.1, -0.05) is 6.07 Å². The highest BCUT2D eigenvalue weighted by Gasteiger charge is 2.24. The number of likely N-dealkylation sites (tertiary alicyclic amines) is 1. The molecule has 2 heterocycles. The number of hydrogen-bond acceptors (Lipinski definition) is 3. The minimum Gasteiger partial charge on any atom is -0.494 e. The summed E-state index contributed by atoms with van der Waals surface area (Å²) >= 11 is 0. The van der Waals surface area contributed by atoms with E-state index in [1.54, 1.807) is 12.1 Å². The van der Waals surface area contributed by atoms with Crippen LogP contribution in [0, 0.1) is 18.7 Å². The standard InChI is InChI=1S/C19H24FN3O2/c1-13-11-21-22-17(13)9-15-4-3-7-23(12-15)19(24)10-14-5-6-18(25-2)16(20)8-14/h5-6,8,11,15H,3-4,7,9-10,12H2,1-2H3,(H,21,22)/t15-/m0/s1. The smallest absolute Gasteiger partial charge is 0.227 e. The van der Waals surface area contributed by atoms with Gasteiger partial charge in [0.1, 0.15) is 0 Å². The molecule has 1 aliphatic rings. The van der Waals surface area contributed by atoms with E-state index in [-0.39, 0.29) is 18.1 Å². The number of piperidine rings is 1. The van der Waals surface area contributed by atoms with Crippen molar-refractivity contribution in [2.45, 2.75) is 32.6 Å². The molecule has 1 saturated heterocycles. The number of halogens is 1. The summed E-state index contributed by atoms with van der Waals surface area (Å²) in [6.45, 7) is 3.56. The quantitative estimate of drug-likeness (QED) is 0.906. The zero-order chi connectivity index (χ0) is 17.8. The number of carbonyl (C=O) groups excluding carboxylic acids is 1.